The maximum Gasteiger partial charge on any atom is 0.224 e. The predicted molar refractivity (Wildman–Crippen MR) is 95.8 cm³/mol. The fourth-order valence-electron chi connectivity index (χ4n) is 2.49. The van der Waals surface area contributed by atoms with E-state index in [1.54, 1.807) is 0 Å². The molecule has 24 heavy (non-hydrogen) atoms. The Hall–Kier alpha value is -2.62. The average molecular weight is 324 g/mol. The van der Waals surface area contributed by atoms with Crippen LogP contribution < -0.4 is 10.6 Å². The first-order valence-electron chi connectivity index (χ1n) is 8.18. The number of nitrogens with one attached hydrogen (secondary N) is 2. The SMILES string of the molecule is Cc1ccccc1CC(=O)NCCNC(=O)Cc1ccccc1C. The number of carbonyl (C=O) groups is 2. The van der Waals surface area contributed by atoms with Crippen LogP contribution in [0.15, 0.2) is 48.5 Å². The van der Waals surface area contributed by atoms with Gasteiger partial charge in [0, 0.05) is 13.1 Å². The standard InChI is InChI=1S/C20H24N2O2/c1-15-7-3-5-9-17(15)13-19(23)21-11-12-22-20(24)14-18-10-6-4-8-16(18)2/h3-10H,11-14H2,1-2H3,(H,21,23)(H,22,24). The Balaban J connectivity index is 1.67. The van der Waals surface area contributed by atoms with Crippen LogP contribution in [0.2, 0.25) is 0 Å². The summed E-state index contributed by atoms with van der Waals surface area (Å²) in [4.78, 5) is 23.8. The Morgan fingerprint density at radius 1 is 0.708 bits per heavy atom. The lowest BCUT2D eigenvalue weighted by atomic mass is 10.1. The summed E-state index contributed by atoms with van der Waals surface area (Å²) in [6.45, 7) is 4.86. The van der Waals surface area contributed by atoms with E-state index in [0.717, 1.165) is 22.3 Å². The Bertz CT molecular complexity index is 649. The van der Waals surface area contributed by atoms with Gasteiger partial charge in [0.15, 0.2) is 0 Å². The van der Waals surface area contributed by atoms with E-state index in [2.05, 4.69) is 10.6 Å². The molecule has 0 aliphatic rings. The van der Waals surface area contributed by atoms with E-state index in [0.29, 0.717) is 25.9 Å². The summed E-state index contributed by atoms with van der Waals surface area (Å²) in [6.07, 6.45) is 0.730. The van der Waals surface area contributed by atoms with Crippen molar-refractivity contribution in [3.05, 3.63) is 70.8 Å². The van der Waals surface area contributed by atoms with Crippen molar-refractivity contribution in [2.24, 2.45) is 0 Å². The van der Waals surface area contributed by atoms with Crippen molar-refractivity contribution in [1.29, 1.82) is 0 Å². The van der Waals surface area contributed by atoms with E-state index < -0.39 is 0 Å². The molecule has 0 bridgehead atoms. The van der Waals surface area contributed by atoms with Crippen LogP contribution in [0, 0.1) is 13.8 Å². The first-order chi connectivity index (χ1) is 11.6. The van der Waals surface area contributed by atoms with Crippen molar-refractivity contribution < 1.29 is 9.59 Å². The summed E-state index contributed by atoms with van der Waals surface area (Å²) in [5, 5.41) is 5.67. The van der Waals surface area contributed by atoms with E-state index in [1.807, 2.05) is 62.4 Å². The van der Waals surface area contributed by atoms with Crippen LogP contribution in [-0.2, 0) is 22.4 Å². The van der Waals surface area contributed by atoms with E-state index in [9.17, 15) is 9.59 Å². The fraction of sp³-hybridized carbons (Fsp3) is 0.300. The zero-order chi connectivity index (χ0) is 17.4. The van der Waals surface area contributed by atoms with Gasteiger partial charge in [-0.05, 0) is 36.1 Å². The molecule has 4 heteroatoms. The van der Waals surface area contributed by atoms with Crippen LogP contribution in [-0.4, -0.2) is 24.9 Å². The number of benzene rings is 2. The van der Waals surface area contributed by atoms with Crippen molar-refractivity contribution >= 4 is 11.8 Å². The quantitative estimate of drug-likeness (QED) is 0.768. The molecule has 0 saturated carbocycles. The van der Waals surface area contributed by atoms with Crippen LogP contribution in [0.5, 0.6) is 0 Å². The van der Waals surface area contributed by atoms with E-state index in [-0.39, 0.29) is 11.8 Å². The van der Waals surface area contributed by atoms with Gasteiger partial charge in [0.25, 0.3) is 0 Å². The van der Waals surface area contributed by atoms with Crippen molar-refractivity contribution in [2.45, 2.75) is 26.7 Å². The van der Waals surface area contributed by atoms with E-state index >= 15 is 0 Å². The van der Waals surface area contributed by atoms with E-state index in [4.69, 9.17) is 0 Å². The predicted octanol–water partition coefficient (Wildman–Crippen LogP) is 2.32. The number of hydrogen-bond donors (Lipinski definition) is 2. The maximum atomic E-state index is 11.9. The Morgan fingerprint density at radius 3 is 1.46 bits per heavy atom. The highest BCUT2D eigenvalue weighted by atomic mass is 16.2. The first kappa shape index (κ1) is 17.7. The lowest BCUT2D eigenvalue weighted by Crippen LogP contribution is -2.36. The van der Waals surface area contributed by atoms with Gasteiger partial charge in [-0.3, -0.25) is 9.59 Å². The smallest absolute Gasteiger partial charge is 0.224 e. The first-order valence-corrected chi connectivity index (χ1v) is 8.18. The summed E-state index contributed by atoms with van der Waals surface area (Å²) in [5.41, 5.74) is 4.27. The van der Waals surface area contributed by atoms with Gasteiger partial charge in [-0.2, -0.15) is 0 Å². The number of aryl methyl sites for hydroxylation is 2. The molecule has 126 valence electrons. The zero-order valence-electron chi connectivity index (χ0n) is 14.3. The number of hydrogen-bond acceptors (Lipinski definition) is 2. The molecule has 0 aliphatic heterocycles. The fourth-order valence-corrected chi connectivity index (χ4v) is 2.49. The number of rotatable bonds is 7. The normalized spacial score (nSPS) is 10.2. The lowest BCUT2D eigenvalue weighted by molar-refractivity contribution is -0.122. The van der Waals surface area contributed by atoms with Gasteiger partial charge in [0.1, 0.15) is 0 Å². The molecular weight excluding hydrogens is 300 g/mol. The average Bonchev–Trinajstić information content (AvgIpc) is 2.56. The molecule has 0 heterocycles. The second-order valence-electron chi connectivity index (χ2n) is 5.91. The van der Waals surface area contributed by atoms with Gasteiger partial charge >= 0.3 is 0 Å². The van der Waals surface area contributed by atoms with Gasteiger partial charge in [-0.1, -0.05) is 48.5 Å². The molecule has 0 fully saturated rings. The molecular formula is C20H24N2O2. The molecule has 2 N–H and O–H groups in total. The minimum Gasteiger partial charge on any atom is -0.354 e. The molecule has 0 aliphatic carbocycles. The maximum absolute atomic E-state index is 11.9. The monoisotopic (exact) mass is 324 g/mol. The van der Waals surface area contributed by atoms with Crippen LogP contribution in [0.4, 0.5) is 0 Å². The second-order valence-corrected chi connectivity index (χ2v) is 5.91. The Kier molecular flexibility index (Phi) is 6.55. The topological polar surface area (TPSA) is 58.2 Å². The third kappa shape index (κ3) is 5.54. The molecule has 0 atom stereocenters. The Labute approximate surface area is 143 Å². The van der Waals surface area contributed by atoms with Crippen molar-refractivity contribution in [3.63, 3.8) is 0 Å². The van der Waals surface area contributed by atoms with Crippen LogP contribution in [0.1, 0.15) is 22.3 Å². The zero-order valence-corrected chi connectivity index (χ0v) is 14.3. The summed E-state index contributed by atoms with van der Waals surface area (Å²) in [5.74, 6) is -0.0603. The Morgan fingerprint density at radius 2 is 1.08 bits per heavy atom. The molecule has 2 aromatic rings. The minimum atomic E-state index is -0.0301. The van der Waals surface area contributed by atoms with Crippen molar-refractivity contribution in [1.82, 2.24) is 10.6 Å². The van der Waals surface area contributed by atoms with Crippen LogP contribution >= 0.6 is 0 Å². The molecule has 2 amide bonds. The number of amides is 2. The van der Waals surface area contributed by atoms with Crippen molar-refractivity contribution in [3.8, 4) is 0 Å². The van der Waals surface area contributed by atoms with E-state index in [1.165, 1.54) is 0 Å². The summed E-state index contributed by atoms with van der Waals surface area (Å²) in [6, 6.07) is 15.7. The highest BCUT2D eigenvalue weighted by molar-refractivity contribution is 5.80. The molecule has 0 unspecified atom stereocenters. The van der Waals surface area contributed by atoms with Crippen molar-refractivity contribution in [2.75, 3.05) is 13.1 Å². The highest BCUT2D eigenvalue weighted by Gasteiger charge is 2.07. The second kappa shape index (κ2) is 8.87. The molecule has 0 aromatic heterocycles. The molecule has 0 saturated heterocycles. The molecule has 0 spiro atoms. The third-order valence-electron chi connectivity index (χ3n) is 3.99. The van der Waals surface area contributed by atoms with Gasteiger partial charge in [-0.15, -0.1) is 0 Å². The van der Waals surface area contributed by atoms with Gasteiger partial charge in [0.05, 0.1) is 12.8 Å². The highest BCUT2D eigenvalue weighted by Crippen LogP contribution is 2.08. The summed E-state index contributed by atoms with van der Waals surface area (Å²) in [7, 11) is 0. The van der Waals surface area contributed by atoms with Crippen LogP contribution in [0.3, 0.4) is 0 Å². The summed E-state index contributed by atoms with van der Waals surface area (Å²) >= 11 is 0. The molecule has 2 aromatic carbocycles. The van der Waals surface area contributed by atoms with Gasteiger partial charge in [-0.25, -0.2) is 0 Å². The summed E-state index contributed by atoms with van der Waals surface area (Å²) < 4.78 is 0. The molecule has 4 nitrogen and oxygen atoms in total. The lowest BCUT2D eigenvalue weighted by Gasteiger charge is -2.09. The van der Waals surface area contributed by atoms with Gasteiger partial charge < -0.3 is 10.6 Å². The third-order valence-corrected chi connectivity index (χ3v) is 3.99. The molecule has 0 radical (unpaired) electrons. The van der Waals surface area contributed by atoms with Gasteiger partial charge in [0.2, 0.25) is 11.8 Å². The van der Waals surface area contributed by atoms with Crippen LogP contribution in [0.25, 0.3) is 0 Å². The minimum absolute atomic E-state index is 0.0301. The number of carbonyl (C=O) groups excluding carboxylic acids is 2. The largest absolute Gasteiger partial charge is 0.354 e. The molecule has 2 rings (SSSR count).